The van der Waals surface area contributed by atoms with Gasteiger partial charge in [-0.25, -0.2) is 4.98 Å². The van der Waals surface area contributed by atoms with E-state index in [1.165, 1.54) is 0 Å². The lowest BCUT2D eigenvalue weighted by atomic mass is 10.3. The third kappa shape index (κ3) is 2.85. The van der Waals surface area contributed by atoms with E-state index in [0.29, 0.717) is 12.5 Å². The second-order valence-corrected chi connectivity index (χ2v) is 3.80. The van der Waals surface area contributed by atoms with E-state index in [9.17, 15) is 0 Å². The van der Waals surface area contributed by atoms with Gasteiger partial charge in [-0.1, -0.05) is 24.3 Å². The zero-order chi connectivity index (χ0) is 12.8. The Hall–Kier alpha value is -2.36. The molecule has 0 bridgehead atoms. The molecule has 0 atom stereocenters. The Morgan fingerprint density at radius 3 is 2.78 bits per heavy atom. The Morgan fingerprint density at radius 2 is 2.06 bits per heavy atom. The van der Waals surface area contributed by atoms with Gasteiger partial charge in [0, 0.05) is 25.5 Å². The predicted octanol–water partition coefficient (Wildman–Crippen LogP) is 2.84. The molecule has 92 valence electrons. The van der Waals surface area contributed by atoms with Crippen molar-refractivity contribution in [1.82, 2.24) is 9.97 Å². The predicted molar refractivity (Wildman–Crippen MR) is 75.2 cm³/mol. The van der Waals surface area contributed by atoms with E-state index < -0.39 is 0 Å². The first kappa shape index (κ1) is 12.1. The number of benzene rings is 1. The van der Waals surface area contributed by atoms with Crippen molar-refractivity contribution < 1.29 is 0 Å². The van der Waals surface area contributed by atoms with Crippen molar-refractivity contribution in [2.24, 2.45) is 0 Å². The number of hydrogen-bond acceptors (Lipinski definition) is 4. The minimum absolute atomic E-state index is 0.607. The monoisotopic (exact) mass is 240 g/mol. The van der Waals surface area contributed by atoms with Gasteiger partial charge in [0.2, 0.25) is 5.95 Å². The molecule has 0 unspecified atom stereocenters. The fourth-order valence-electron chi connectivity index (χ4n) is 1.57. The maximum atomic E-state index is 4.44. The first-order chi connectivity index (χ1) is 8.81. The summed E-state index contributed by atoms with van der Waals surface area (Å²) >= 11 is 0. The molecule has 0 fully saturated rings. The van der Waals surface area contributed by atoms with Crippen molar-refractivity contribution in [3.05, 3.63) is 55.3 Å². The molecule has 0 aliphatic heterocycles. The minimum Gasteiger partial charge on any atom is -0.351 e. The molecule has 1 aromatic carbocycles. The standard InChI is InChI=1S/C14H16N4/c1-3-10-15-14-16-11-9-13(17-14)18(2)12-7-5-4-6-8-12/h3-9,11H,1,10H2,2H3,(H,15,16,17). The second kappa shape index (κ2) is 5.82. The van der Waals surface area contributed by atoms with Gasteiger partial charge in [0.1, 0.15) is 5.82 Å². The number of rotatable bonds is 5. The molecule has 0 aliphatic carbocycles. The number of anilines is 3. The Morgan fingerprint density at radius 1 is 1.28 bits per heavy atom. The first-order valence-electron chi connectivity index (χ1n) is 5.78. The van der Waals surface area contributed by atoms with Gasteiger partial charge in [-0.05, 0) is 18.2 Å². The van der Waals surface area contributed by atoms with Gasteiger partial charge < -0.3 is 10.2 Å². The molecular formula is C14H16N4. The van der Waals surface area contributed by atoms with Crippen molar-refractivity contribution in [3.63, 3.8) is 0 Å². The van der Waals surface area contributed by atoms with E-state index in [1.54, 1.807) is 12.3 Å². The smallest absolute Gasteiger partial charge is 0.224 e. The van der Waals surface area contributed by atoms with Gasteiger partial charge in [-0.2, -0.15) is 4.98 Å². The SMILES string of the molecule is C=CCNc1nccc(N(C)c2ccccc2)n1. The topological polar surface area (TPSA) is 41.1 Å². The van der Waals surface area contributed by atoms with E-state index in [2.05, 4.69) is 21.9 Å². The van der Waals surface area contributed by atoms with Crippen LogP contribution in [0.3, 0.4) is 0 Å². The molecule has 4 nitrogen and oxygen atoms in total. The van der Waals surface area contributed by atoms with Gasteiger partial charge in [0.05, 0.1) is 0 Å². The quantitative estimate of drug-likeness (QED) is 0.816. The van der Waals surface area contributed by atoms with E-state index in [4.69, 9.17) is 0 Å². The van der Waals surface area contributed by atoms with Crippen LogP contribution in [0.1, 0.15) is 0 Å². The highest BCUT2D eigenvalue weighted by Crippen LogP contribution is 2.21. The lowest BCUT2D eigenvalue weighted by Gasteiger charge is -2.18. The third-order valence-corrected chi connectivity index (χ3v) is 2.53. The molecule has 1 N–H and O–H groups in total. The normalized spacial score (nSPS) is 9.83. The van der Waals surface area contributed by atoms with Gasteiger partial charge in [0.15, 0.2) is 0 Å². The van der Waals surface area contributed by atoms with Crippen LogP contribution in [0.25, 0.3) is 0 Å². The zero-order valence-electron chi connectivity index (χ0n) is 10.4. The Balaban J connectivity index is 2.20. The average Bonchev–Trinajstić information content (AvgIpc) is 2.45. The minimum atomic E-state index is 0.607. The van der Waals surface area contributed by atoms with Crippen LogP contribution in [-0.2, 0) is 0 Å². The summed E-state index contributed by atoms with van der Waals surface area (Å²) in [7, 11) is 1.98. The summed E-state index contributed by atoms with van der Waals surface area (Å²) in [6.45, 7) is 4.30. The molecule has 0 aliphatic rings. The van der Waals surface area contributed by atoms with Gasteiger partial charge in [0.25, 0.3) is 0 Å². The lowest BCUT2D eigenvalue weighted by Crippen LogP contribution is -2.13. The number of nitrogens with zero attached hydrogens (tertiary/aromatic N) is 3. The van der Waals surface area contributed by atoms with Crippen LogP contribution in [-0.4, -0.2) is 23.6 Å². The summed E-state index contributed by atoms with van der Waals surface area (Å²) in [5, 5.41) is 3.07. The van der Waals surface area contributed by atoms with E-state index >= 15 is 0 Å². The third-order valence-electron chi connectivity index (χ3n) is 2.53. The molecule has 0 amide bonds. The van der Waals surface area contributed by atoms with E-state index in [-0.39, 0.29) is 0 Å². The van der Waals surface area contributed by atoms with Crippen molar-refractivity contribution in [3.8, 4) is 0 Å². The number of hydrogen-bond donors (Lipinski definition) is 1. The Bertz CT molecular complexity index is 510. The van der Waals surface area contributed by atoms with Crippen LogP contribution in [0.15, 0.2) is 55.3 Å². The Kier molecular flexibility index (Phi) is 3.91. The number of aromatic nitrogens is 2. The summed E-state index contributed by atoms with van der Waals surface area (Å²) in [5.41, 5.74) is 1.09. The zero-order valence-corrected chi connectivity index (χ0v) is 10.4. The summed E-state index contributed by atoms with van der Waals surface area (Å²) < 4.78 is 0. The fraction of sp³-hybridized carbons (Fsp3) is 0.143. The van der Waals surface area contributed by atoms with Gasteiger partial charge >= 0.3 is 0 Å². The molecule has 0 radical (unpaired) electrons. The average molecular weight is 240 g/mol. The van der Waals surface area contributed by atoms with Crippen molar-refractivity contribution >= 4 is 17.5 Å². The summed E-state index contributed by atoms with van der Waals surface area (Å²) in [5.74, 6) is 1.46. The van der Waals surface area contributed by atoms with E-state index in [1.807, 2.05) is 48.3 Å². The van der Waals surface area contributed by atoms with Crippen LogP contribution in [0.5, 0.6) is 0 Å². The lowest BCUT2D eigenvalue weighted by molar-refractivity contribution is 1.06. The summed E-state index contributed by atoms with van der Waals surface area (Å²) in [6, 6.07) is 12.0. The number of nitrogens with one attached hydrogen (secondary N) is 1. The molecular weight excluding hydrogens is 224 g/mol. The van der Waals surface area contributed by atoms with Crippen molar-refractivity contribution in [2.45, 2.75) is 0 Å². The van der Waals surface area contributed by atoms with Crippen LogP contribution < -0.4 is 10.2 Å². The van der Waals surface area contributed by atoms with Crippen molar-refractivity contribution in [1.29, 1.82) is 0 Å². The molecule has 4 heteroatoms. The van der Waals surface area contributed by atoms with Gasteiger partial charge in [-0.3, -0.25) is 0 Å². The second-order valence-electron chi connectivity index (χ2n) is 3.80. The van der Waals surface area contributed by atoms with Crippen LogP contribution >= 0.6 is 0 Å². The maximum absolute atomic E-state index is 4.44. The summed E-state index contributed by atoms with van der Waals surface area (Å²) in [4.78, 5) is 10.6. The largest absolute Gasteiger partial charge is 0.351 e. The van der Waals surface area contributed by atoms with Gasteiger partial charge in [-0.15, -0.1) is 6.58 Å². The van der Waals surface area contributed by atoms with Crippen LogP contribution in [0.4, 0.5) is 17.5 Å². The number of para-hydroxylation sites is 1. The van der Waals surface area contributed by atoms with Crippen molar-refractivity contribution in [2.75, 3.05) is 23.8 Å². The molecule has 0 saturated heterocycles. The highest BCUT2D eigenvalue weighted by Gasteiger charge is 2.05. The molecule has 18 heavy (non-hydrogen) atoms. The summed E-state index contributed by atoms with van der Waals surface area (Å²) in [6.07, 6.45) is 3.52. The maximum Gasteiger partial charge on any atom is 0.224 e. The highest BCUT2D eigenvalue weighted by molar-refractivity contribution is 5.59. The molecule has 2 aromatic rings. The molecule has 1 heterocycles. The highest BCUT2D eigenvalue weighted by atomic mass is 15.2. The molecule has 1 aromatic heterocycles. The fourth-order valence-corrected chi connectivity index (χ4v) is 1.57. The van der Waals surface area contributed by atoms with Crippen LogP contribution in [0, 0.1) is 0 Å². The molecule has 0 saturated carbocycles. The molecule has 0 spiro atoms. The Labute approximate surface area is 107 Å². The van der Waals surface area contributed by atoms with Crippen LogP contribution in [0.2, 0.25) is 0 Å². The molecule has 2 rings (SSSR count). The first-order valence-corrected chi connectivity index (χ1v) is 5.78. The van der Waals surface area contributed by atoms with E-state index in [0.717, 1.165) is 11.5 Å².